The van der Waals surface area contributed by atoms with Gasteiger partial charge in [0.1, 0.15) is 0 Å². The van der Waals surface area contributed by atoms with Crippen molar-refractivity contribution in [2.24, 2.45) is 0 Å². The van der Waals surface area contributed by atoms with Crippen LogP contribution in [0, 0.1) is 0 Å². The van der Waals surface area contributed by atoms with Gasteiger partial charge in [-0.2, -0.15) is 0 Å². The first-order valence-corrected chi connectivity index (χ1v) is 4.77. The van der Waals surface area contributed by atoms with Crippen molar-refractivity contribution in [2.75, 3.05) is 13.1 Å². The summed E-state index contributed by atoms with van der Waals surface area (Å²) in [5.41, 5.74) is 0. The Labute approximate surface area is 73.3 Å². The number of amides is 2. The molecule has 2 saturated heterocycles. The fourth-order valence-corrected chi connectivity index (χ4v) is 2.18. The van der Waals surface area contributed by atoms with Crippen molar-refractivity contribution in [1.29, 1.82) is 0 Å². The average molecular weight is 168 g/mol. The Morgan fingerprint density at radius 2 is 2.25 bits per heavy atom. The van der Waals surface area contributed by atoms with Crippen molar-refractivity contribution in [3.05, 3.63) is 0 Å². The van der Waals surface area contributed by atoms with Crippen molar-refractivity contribution in [3.8, 4) is 0 Å². The second-order valence-corrected chi connectivity index (χ2v) is 4.02. The van der Waals surface area contributed by atoms with Crippen LogP contribution in [0.4, 0.5) is 4.79 Å². The van der Waals surface area contributed by atoms with Crippen LogP contribution in [0.1, 0.15) is 26.7 Å². The first-order chi connectivity index (χ1) is 5.70. The Morgan fingerprint density at radius 3 is 2.83 bits per heavy atom. The van der Waals surface area contributed by atoms with Crippen LogP contribution in [0.15, 0.2) is 0 Å². The van der Waals surface area contributed by atoms with Gasteiger partial charge in [0.2, 0.25) is 0 Å². The van der Waals surface area contributed by atoms with Crippen LogP contribution in [0.25, 0.3) is 0 Å². The van der Waals surface area contributed by atoms with E-state index in [1.165, 1.54) is 12.8 Å². The molecule has 2 aliphatic heterocycles. The lowest BCUT2D eigenvalue weighted by atomic mass is 10.2. The van der Waals surface area contributed by atoms with Gasteiger partial charge in [-0.05, 0) is 26.7 Å². The molecule has 2 aliphatic rings. The molecule has 1 unspecified atom stereocenters. The largest absolute Gasteiger partial charge is 0.320 e. The van der Waals surface area contributed by atoms with Crippen LogP contribution >= 0.6 is 0 Å². The molecule has 0 N–H and O–H groups in total. The summed E-state index contributed by atoms with van der Waals surface area (Å²) in [6.45, 7) is 6.10. The van der Waals surface area contributed by atoms with E-state index in [-0.39, 0.29) is 6.03 Å². The Balaban J connectivity index is 2.11. The van der Waals surface area contributed by atoms with Gasteiger partial charge in [0.05, 0.1) is 6.04 Å². The second kappa shape index (κ2) is 2.64. The van der Waals surface area contributed by atoms with Gasteiger partial charge < -0.3 is 9.80 Å². The molecule has 0 spiro atoms. The minimum Gasteiger partial charge on any atom is -0.320 e. The zero-order chi connectivity index (χ0) is 8.72. The number of carbonyl (C=O) groups is 1. The maximum absolute atomic E-state index is 11.7. The number of urea groups is 1. The second-order valence-electron chi connectivity index (χ2n) is 4.02. The zero-order valence-electron chi connectivity index (χ0n) is 7.79. The van der Waals surface area contributed by atoms with Crippen LogP contribution < -0.4 is 0 Å². The molecule has 0 radical (unpaired) electrons. The molecule has 2 fully saturated rings. The van der Waals surface area contributed by atoms with E-state index < -0.39 is 0 Å². The minimum atomic E-state index is 0.257. The minimum absolute atomic E-state index is 0.257. The van der Waals surface area contributed by atoms with Crippen molar-refractivity contribution in [1.82, 2.24) is 9.80 Å². The summed E-state index contributed by atoms with van der Waals surface area (Å²) >= 11 is 0. The van der Waals surface area contributed by atoms with Crippen LogP contribution in [0.3, 0.4) is 0 Å². The van der Waals surface area contributed by atoms with Gasteiger partial charge >= 0.3 is 6.03 Å². The highest BCUT2D eigenvalue weighted by Gasteiger charge is 2.40. The van der Waals surface area contributed by atoms with Crippen LogP contribution in [-0.4, -0.2) is 41.0 Å². The highest BCUT2D eigenvalue weighted by molar-refractivity contribution is 5.77. The smallest absolute Gasteiger partial charge is 0.320 e. The molecule has 3 heteroatoms. The van der Waals surface area contributed by atoms with Gasteiger partial charge in [0.25, 0.3) is 0 Å². The molecule has 0 bridgehead atoms. The maximum atomic E-state index is 11.7. The van der Waals surface area contributed by atoms with Crippen LogP contribution in [-0.2, 0) is 0 Å². The molecule has 0 aliphatic carbocycles. The van der Waals surface area contributed by atoms with Gasteiger partial charge in [0.15, 0.2) is 0 Å². The number of fused-ring (bicyclic) bond motifs is 1. The number of hydrogen-bond acceptors (Lipinski definition) is 1. The molecule has 68 valence electrons. The average Bonchev–Trinajstić information content (AvgIpc) is 2.53. The molecular weight excluding hydrogens is 152 g/mol. The molecule has 0 aromatic rings. The lowest BCUT2D eigenvalue weighted by Crippen LogP contribution is -2.36. The number of carbonyl (C=O) groups excluding carboxylic acids is 1. The van der Waals surface area contributed by atoms with Crippen molar-refractivity contribution in [2.45, 2.75) is 38.8 Å². The van der Waals surface area contributed by atoms with E-state index in [0.717, 1.165) is 13.1 Å². The summed E-state index contributed by atoms with van der Waals surface area (Å²) < 4.78 is 0. The molecule has 2 amide bonds. The number of rotatable bonds is 1. The van der Waals surface area contributed by atoms with Gasteiger partial charge in [-0.15, -0.1) is 0 Å². The summed E-state index contributed by atoms with van der Waals surface area (Å²) in [6, 6.07) is 1.15. The fourth-order valence-electron chi connectivity index (χ4n) is 2.18. The first-order valence-electron chi connectivity index (χ1n) is 4.77. The quantitative estimate of drug-likeness (QED) is 0.579. The standard InChI is InChI=1S/C9H16N2O/c1-7(2)11-6-8-4-3-5-10(8)9(11)12/h7-8H,3-6H2,1-2H3. The topological polar surface area (TPSA) is 23.6 Å². The Hall–Kier alpha value is -0.730. The van der Waals surface area contributed by atoms with Gasteiger partial charge in [0, 0.05) is 19.1 Å². The lowest BCUT2D eigenvalue weighted by Gasteiger charge is -2.20. The van der Waals surface area contributed by atoms with Gasteiger partial charge in [-0.3, -0.25) is 0 Å². The molecule has 3 nitrogen and oxygen atoms in total. The molecule has 0 aromatic heterocycles. The third kappa shape index (κ3) is 0.993. The van der Waals surface area contributed by atoms with E-state index in [0.29, 0.717) is 12.1 Å². The van der Waals surface area contributed by atoms with Crippen molar-refractivity contribution >= 4 is 6.03 Å². The highest BCUT2D eigenvalue weighted by Crippen LogP contribution is 2.26. The van der Waals surface area contributed by atoms with E-state index in [1.807, 2.05) is 9.80 Å². The molecule has 0 aromatic carbocycles. The van der Waals surface area contributed by atoms with Crippen LogP contribution in [0.2, 0.25) is 0 Å². The SMILES string of the molecule is CC(C)N1CC2CCCN2C1=O. The Kier molecular flexibility index (Phi) is 1.74. The normalized spacial score (nSPS) is 28.9. The maximum Gasteiger partial charge on any atom is 0.320 e. The summed E-state index contributed by atoms with van der Waals surface area (Å²) in [7, 11) is 0. The summed E-state index contributed by atoms with van der Waals surface area (Å²) in [6.07, 6.45) is 2.40. The van der Waals surface area contributed by atoms with Gasteiger partial charge in [-0.25, -0.2) is 4.79 Å². The molecule has 2 rings (SSSR count). The van der Waals surface area contributed by atoms with Crippen LogP contribution in [0.5, 0.6) is 0 Å². The monoisotopic (exact) mass is 168 g/mol. The van der Waals surface area contributed by atoms with E-state index in [4.69, 9.17) is 0 Å². The fraction of sp³-hybridized carbons (Fsp3) is 0.889. The number of hydrogen-bond donors (Lipinski definition) is 0. The van der Waals surface area contributed by atoms with E-state index in [1.54, 1.807) is 0 Å². The third-order valence-electron chi connectivity index (χ3n) is 2.90. The van der Waals surface area contributed by atoms with Crippen molar-refractivity contribution < 1.29 is 4.79 Å². The summed E-state index contributed by atoms with van der Waals surface area (Å²) in [5, 5.41) is 0. The molecule has 0 saturated carbocycles. The summed E-state index contributed by atoms with van der Waals surface area (Å²) in [4.78, 5) is 15.7. The summed E-state index contributed by atoms with van der Waals surface area (Å²) in [5.74, 6) is 0. The first kappa shape index (κ1) is 7.90. The molecule has 1 atom stereocenters. The Bertz CT molecular complexity index is 203. The highest BCUT2D eigenvalue weighted by atomic mass is 16.2. The van der Waals surface area contributed by atoms with E-state index >= 15 is 0 Å². The molecule has 12 heavy (non-hydrogen) atoms. The molecule has 2 heterocycles. The Morgan fingerprint density at radius 1 is 1.50 bits per heavy atom. The van der Waals surface area contributed by atoms with Crippen molar-refractivity contribution in [3.63, 3.8) is 0 Å². The molecular formula is C9H16N2O. The lowest BCUT2D eigenvalue weighted by molar-refractivity contribution is 0.184. The van der Waals surface area contributed by atoms with E-state index in [2.05, 4.69) is 13.8 Å². The number of nitrogens with zero attached hydrogens (tertiary/aromatic N) is 2. The van der Waals surface area contributed by atoms with Gasteiger partial charge in [-0.1, -0.05) is 0 Å². The zero-order valence-corrected chi connectivity index (χ0v) is 7.79. The van der Waals surface area contributed by atoms with E-state index in [9.17, 15) is 4.79 Å². The third-order valence-corrected chi connectivity index (χ3v) is 2.90. The predicted molar refractivity (Wildman–Crippen MR) is 47.0 cm³/mol. The predicted octanol–water partition coefficient (Wildman–Crippen LogP) is 1.29.